The van der Waals surface area contributed by atoms with Crippen LogP contribution in [0.4, 0.5) is 28.4 Å². The minimum atomic E-state index is -0.395. The number of carbonyl (C=O) groups is 4. The van der Waals surface area contributed by atoms with Crippen molar-refractivity contribution in [2.24, 2.45) is 0 Å². The van der Waals surface area contributed by atoms with Crippen LogP contribution < -0.4 is 19.6 Å². The monoisotopic (exact) mass is 2160 g/mol. The number of hydrogen-bond acceptors (Lipinski definition) is 13. The number of benzene rings is 13. The average Bonchev–Trinajstić information content (AvgIpc) is 0.779. The summed E-state index contributed by atoms with van der Waals surface area (Å²) in [6, 6.07) is 131. The van der Waals surface area contributed by atoms with Crippen LogP contribution in [0.2, 0.25) is 0 Å². The van der Waals surface area contributed by atoms with Crippen LogP contribution in [0.15, 0.2) is 377 Å². The summed E-state index contributed by atoms with van der Waals surface area (Å²) in [5.74, 6) is -1.58. The number of pyridine rings is 6. The van der Waals surface area contributed by atoms with Crippen LogP contribution in [0.1, 0.15) is 58.1 Å². The van der Waals surface area contributed by atoms with Gasteiger partial charge in [-0.25, -0.2) is 40.2 Å². The van der Waals surface area contributed by atoms with Crippen molar-refractivity contribution in [1.82, 2.24) is 29.9 Å². The van der Waals surface area contributed by atoms with Crippen molar-refractivity contribution < 1.29 is 59.4 Å². The van der Waals surface area contributed by atoms with Gasteiger partial charge in [0, 0.05) is 87.6 Å². The third-order valence-electron chi connectivity index (χ3n) is 24.2. The Morgan fingerprint density at radius 2 is 0.507 bits per heavy atom. The summed E-state index contributed by atoms with van der Waals surface area (Å²) in [7, 11) is 6.69. The van der Waals surface area contributed by atoms with Crippen molar-refractivity contribution in [2.75, 3.05) is 47.8 Å². The number of aromatic nitrogens is 6. The fourth-order valence-corrected chi connectivity index (χ4v) is 16.5. The fourth-order valence-electron chi connectivity index (χ4n) is 16.5. The van der Waals surface area contributed by atoms with E-state index < -0.39 is 23.6 Å². The van der Waals surface area contributed by atoms with Crippen LogP contribution in [-0.2, 0) is 40.2 Å². The SMILES string of the molecule is [C-]#[N+]c1ccc(-c2cc[c-]c(-c3ccc(N(C)C(=O)c4cc(C(=O)N(C)c5ccc(-c6[c-]ccc(-c7ccc(C#N)cc7)c6)nc5)cc(-c5ccccc5-c5ccc(-c6[c-]cc(-c7ccc(-c8ccccc8-c8cc(C(=O)N(C)c9ccc(-c%10[c-]ccc(-c%11ccc(C#N)cc%11)c%10)nc9)cc(C(=O)N(C)c9ccc(-c%10[c-]ccc(-c%11ccc(C#N)cc%11)c%10)nc9)c8)cn7)[c-]c6)nc5)c4)cn3)c2)cc1.[Ir+3].[Ir+3]. The van der Waals surface area contributed by atoms with E-state index in [9.17, 15) is 15.8 Å². The van der Waals surface area contributed by atoms with E-state index in [1.165, 1.54) is 19.6 Å². The number of anilines is 4. The fraction of sp³-hybridized carbons (Fsp3) is 0.0333. The number of hydrogen-bond donors (Lipinski definition) is 0. The second-order valence-corrected chi connectivity index (χ2v) is 32.7. The van der Waals surface area contributed by atoms with Gasteiger partial charge in [-0.05, 0) is 187 Å². The Labute approximate surface area is 837 Å². The van der Waals surface area contributed by atoms with E-state index in [0.717, 1.165) is 100 Å². The molecule has 4 amide bonds. The van der Waals surface area contributed by atoms with Gasteiger partial charge < -0.3 is 49.5 Å². The molecule has 0 aliphatic heterocycles. The van der Waals surface area contributed by atoms with Gasteiger partial charge in [0.1, 0.15) is 0 Å². The van der Waals surface area contributed by atoms with Crippen LogP contribution in [0, 0.1) is 77.0 Å². The molecule has 6 heterocycles. The summed E-state index contributed by atoms with van der Waals surface area (Å²) in [5, 5.41) is 28.2. The number of carbonyl (C=O) groups excluding carboxylic acids is 4. The first kappa shape index (κ1) is 93.7. The molecule has 0 fully saturated rings. The van der Waals surface area contributed by atoms with Crippen LogP contribution in [0.3, 0.4) is 0 Å². The largest absolute Gasteiger partial charge is 3.00 e. The molecule has 0 aliphatic carbocycles. The van der Waals surface area contributed by atoms with Crippen LogP contribution in [0.5, 0.6) is 0 Å². The predicted molar refractivity (Wildman–Crippen MR) is 539 cm³/mol. The van der Waals surface area contributed by atoms with E-state index in [0.29, 0.717) is 102 Å². The Morgan fingerprint density at radius 3 is 0.743 bits per heavy atom. The Morgan fingerprint density at radius 1 is 0.264 bits per heavy atom. The maximum atomic E-state index is 15.2. The van der Waals surface area contributed by atoms with Gasteiger partial charge in [-0.3, -0.25) is 19.2 Å². The van der Waals surface area contributed by atoms with Gasteiger partial charge in [0.2, 0.25) is 0 Å². The normalized spacial score (nSPS) is 10.7. The molecule has 20 heteroatoms. The van der Waals surface area contributed by atoms with E-state index in [1.54, 1.807) is 150 Å². The van der Waals surface area contributed by atoms with Gasteiger partial charge >= 0.3 is 40.2 Å². The van der Waals surface area contributed by atoms with Crippen molar-refractivity contribution in [1.29, 1.82) is 15.8 Å². The molecule has 0 aliphatic rings. The second kappa shape index (κ2) is 41.8. The van der Waals surface area contributed by atoms with Gasteiger partial charge in [-0.15, -0.1) is 142 Å². The van der Waals surface area contributed by atoms with E-state index in [-0.39, 0.29) is 62.5 Å². The first-order chi connectivity index (χ1) is 67.4. The molecule has 140 heavy (non-hydrogen) atoms. The summed E-state index contributed by atoms with van der Waals surface area (Å²) in [4.78, 5) is 99.3. The maximum Gasteiger partial charge on any atom is 3.00 e. The zero-order valence-electron chi connectivity index (χ0n) is 75.4. The molecule has 18 nitrogen and oxygen atoms in total. The average molecular weight is 2160 g/mol. The van der Waals surface area contributed by atoms with Gasteiger partial charge in [-0.1, -0.05) is 169 Å². The van der Waals surface area contributed by atoms with Gasteiger partial charge in [0.25, 0.3) is 23.6 Å². The molecule has 19 aromatic rings. The molecule has 0 N–H and O–H groups in total. The summed E-state index contributed by atoms with van der Waals surface area (Å²) < 4.78 is 0. The summed E-state index contributed by atoms with van der Waals surface area (Å²) in [5.41, 5.74) is 26.6. The van der Waals surface area contributed by atoms with Crippen LogP contribution >= 0.6 is 0 Å². The van der Waals surface area contributed by atoms with Crippen molar-refractivity contribution in [3.63, 3.8) is 0 Å². The Kier molecular flexibility index (Phi) is 28.0. The van der Waals surface area contributed by atoms with Crippen molar-refractivity contribution in [3.05, 3.63) is 464 Å². The summed E-state index contributed by atoms with van der Waals surface area (Å²) in [6.45, 7) is 7.40. The molecular weight excluding hydrogens is 2090 g/mol. The van der Waals surface area contributed by atoms with E-state index >= 15 is 19.2 Å². The molecule has 13 aromatic carbocycles. The topological polar surface area (TPSA) is 234 Å². The van der Waals surface area contributed by atoms with E-state index in [2.05, 4.69) is 59.5 Å². The van der Waals surface area contributed by atoms with Crippen molar-refractivity contribution >= 4 is 52.1 Å². The van der Waals surface area contributed by atoms with Crippen molar-refractivity contribution in [3.8, 4) is 175 Å². The number of rotatable bonds is 22. The first-order valence-corrected chi connectivity index (χ1v) is 43.9. The standard InChI is InChI=1S/C120H74N14O4.2Ir/c1-124-102-46-42-83(43-47-102)89-17-13-21-93(61-89)116-57-51-106(76-130-116)134(5)120(138)101-65-97(64-100(67-101)119(137)133(4)105-50-56-115(129-75-105)92-20-12-16-88(60-92)82-36-30-79(70-123)31-37-82)110-25-9-7-23-108(110)95-45-53-112(126-72-95)85-40-38-84(39-41-85)111-52-44-94(71-125-111)107-22-6-8-24-109(107)96-62-98(117(135)131(2)103-48-54-113(127-73-103)90-18-10-14-86(58-90)80-32-26-77(68-121)27-33-80)66-99(63-96)118(136)132(3)104-49-55-114(128-74-104)91-19-11-15-87(59-91)81-34-28-78(69-122)29-35-81;;/h6-17,22-38,41-67,71-76H,2-5H3;;/q-6;2*+3. The Hall–Kier alpha value is -18.1. The molecule has 0 unspecified atom stereocenters. The zero-order valence-corrected chi connectivity index (χ0v) is 80.1. The molecule has 0 spiro atoms. The first-order valence-electron chi connectivity index (χ1n) is 43.9. The summed E-state index contributed by atoms with van der Waals surface area (Å²) in [6.07, 6.45) is 10.1. The van der Waals surface area contributed by atoms with Crippen molar-refractivity contribution in [2.45, 2.75) is 0 Å². The third-order valence-corrected chi connectivity index (χ3v) is 24.2. The zero-order chi connectivity index (χ0) is 94.9. The molecule has 6 aromatic heterocycles. The van der Waals surface area contributed by atoms with E-state index in [4.69, 9.17) is 36.5 Å². The predicted octanol–water partition coefficient (Wildman–Crippen LogP) is 25.5. The minimum absolute atomic E-state index is 0. The van der Waals surface area contributed by atoms with Gasteiger partial charge in [0.05, 0.1) is 64.2 Å². The number of nitrogens with zero attached hydrogens (tertiary/aromatic N) is 14. The molecular formula is C120H74Ir2N14O4. The molecule has 0 bridgehead atoms. The quantitative estimate of drug-likeness (QED) is 0.0575. The van der Waals surface area contributed by atoms with E-state index in [1.807, 2.05) is 255 Å². The maximum absolute atomic E-state index is 15.2. The molecule has 0 radical (unpaired) electrons. The Bertz CT molecular complexity index is 7250. The van der Waals surface area contributed by atoms with Gasteiger partial charge in [0.15, 0.2) is 5.69 Å². The second-order valence-electron chi connectivity index (χ2n) is 32.7. The molecule has 0 saturated heterocycles. The summed E-state index contributed by atoms with van der Waals surface area (Å²) >= 11 is 0. The Balaban J connectivity index is 0.00000676. The smallest absolute Gasteiger partial charge is 0.314 e. The minimum Gasteiger partial charge on any atom is -0.314 e. The number of nitriles is 3. The molecule has 19 rings (SSSR count). The molecule has 0 saturated carbocycles. The van der Waals surface area contributed by atoms with Gasteiger partial charge in [-0.2, -0.15) is 15.8 Å². The number of amides is 4. The molecule has 666 valence electrons. The third kappa shape index (κ3) is 20.2. The molecule has 0 atom stereocenters. The van der Waals surface area contributed by atoms with Crippen LogP contribution in [0.25, 0.3) is 161 Å². The van der Waals surface area contributed by atoms with Crippen LogP contribution in [-0.4, -0.2) is 81.7 Å².